The van der Waals surface area contributed by atoms with Crippen molar-refractivity contribution < 1.29 is 28.0 Å². The Morgan fingerprint density at radius 3 is 1.92 bits per heavy atom. The van der Waals surface area contributed by atoms with Crippen LogP contribution >= 0.6 is 7.60 Å². The zero-order valence-electron chi connectivity index (χ0n) is 16.8. The molecule has 1 unspecified atom stereocenters. The number of rotatable bonds is 9. The normalized spacial score (nSPS) is 14.3. The quantitative estimate of drug-likeness (QED) is 0.242. The molecule has 0 bridgehead atoms. The van der Waals surface area contributed by atoms with E-state index in [0.29, 0.717) is 0 Å². The molecule has 0 saturated carbocycles. The van der Waals surface area contributed by atoms with Crippen LogP contribution in [0.15, 0.2) is 12.7 Å². The van der Waals surface area contributed by atoms with Gasteiger partial charge in [-0.15, -0.1) is 5.06 Å². The molecule has 148 valence electrons. The highest BCUT2D eigenvalue weighted by atomic mass is 31.2. The third kappa shape index (κ3) is 7.48. The number of hydroxylamine groups is 2. The number of nitrogens with zero attached hydrogens (tertiary/aromatic N) is 1. The standard InChI is InChI=1S/C17H34NO6P/c1-10-13-21-15(19)24-18(17(7,8)9)14(16(4,5)6)25(20,22-11-2)23-12-3/h10,14H,1,11-13H2,2-9H3. The Labute approximate surface area is 152 Å². The van der Waals surface area contributed by atoms with Crippen LogP contribution in [0, 0.1) is 5.41 Å². The summed E-state index contributed by atoms with van der Waals surface area (Å²) < 4.78 is 29.5. The van der Waals surface area contributed by atoms with Crippen LogP contribution in [0.3, 0.4) is 0 Å². The monoisotopic (exact) mass is 379 g/mol. The molecule has 0 heterocycles. The van der Waals surface area contributed by atoms with Crippen LogP contribution in [0.4, 0.5) is 4.79 Å². The van der Waals surface area contributed by atoms with Gasteiger partial charge in [0, 0.05) is 5.54 Å². The topological polar surface area (TPSA) is 74.3 Å². The van der Waals surface area contributed by atoms with Crippen LogP contribution in [0.2, 0.25) is 0 Å². The number of carbonyl (C=O) groups is 1. The Hall–Kier alpha value is -0.880. The van der Waals surface area contributed by atoms with Gasteiger partial charge in [-0.3, -0.25) is 4.57 Å². The number of carbonyl (C=O) groups excluding carboxylic acids is 1. The smallest absolute Gasteiger partial charge is 0.429 e. The van der Waals surface area contributed by atoms with E-state index in [1.54, 1.807) is 13.8 Å². The first-order valence-electron chi connectivity index (χ1n) is 8.47. The molecule has 1 atom stereocenters. The molecule has 0 aromatic rings. The minimum absolute atomic E-state index is 0.0194. The van der Waals surface area contributed by atoms with Crippen molar-refractivity contribution in [3.05, 3.63) is 12.7 Å². The first-order valence-corrected chi connectivity index (χ1v) is 10.1. The molecule has 0 rings (SSSR count). The van der Waals surface area contributed by atoms with E-state index in [1.165, 1.54) is 11.1 Å². The zero-order valence-corrected chi connectivity index (χ0v) is 17.7. The van der Waals surface area contributed by atoms with E-state index in [4.69, 9.17) is 18.6 Å². The lowest BCUT2D eigenvalue weighted by atomic mass is 9.94. The lowest BCUT2D eigenvalue weighted by Crippen LogP contribution is -2.54. The molecule has 0 aliphatic carbocycles. The van der Waals surface area contributed by atoms with Crippen LogP contribution in [0.1, 0.15) is 55.4 Å². The molecule has 8 heteroatoms. The van der Waals surface area contributed by atoms with Gasteiger partial charge in [0.25, 0.3) is 0 Å². The van der Waals surface area contributed by atoms with Gasteiger partial charge in [0.2, 0.25) is 0 Å². The molecular weight excluding hydrogens is 345 g/mol. The molecular formula is C17H34NO6P. The number of hydrogen-bond donors (Lipinski definition) is 0. The molecule has 0 aliphatic heterocycles. The second kappa shape index (κ2) is 9.72. The van der Waals surface area contributed by atoms with Crippen LogP contribution in [-0.4, -0.2) is 42.4 Å². The van der Waals surface area contributed by atoms with E-state index < -0.39 is 30.5 Å². The molecule has 0 fully saturated rings. The second-order valence-electron chi connectivity index (χ2n) is 7.55. The average molecular weight is 379 g/mol. The van der Waals surface area contributed by atoms with Gasteiger partial charge in [0.05, 0.1) is 13.2 Å². The fourth-order valence-electron chi connectivity index (χ4n) is 2.28. The SMILES string of the molecule is C=CCOC(=O)ON(C(C(C)(C)C)P(=O)(OCC)OCC)C(C)(C)C. The van der Waals surface area contributed by atoms with Crippen molar-refractivity contribution in [2.24, 2.45) is 5.41 Å². The largest absolute Gasteiger partial charge is 0.528 e. The summed E-state index contributed by atoms with van der Waals surface area (Å²) in [6, 6.07) is 0. The highest BCUT2D eigenvalue weighted by molar-refractivity contribution is 7.54. The van der Waals surface area contributed by atoms with Crippen LogP contribution in [-0.2, 0) is 23.2 Å². The van der Waals surface area contributed by atoms with Gasteiger partial charge < -0.3 is 18.6 Å². The van der Waals surface area contributed by atoms with Crippen molar-refractivity contribution in [3.8, 4) is 0 Å². The maximum atomic E-state index is 13.5. The highest BCUT2D eigenvalue weighted by Gasteiger charge is 2.52. The summed E-state index contributed by atoms with van der Waals surface area (Å²) in [7, 11) is -3.61. The van der Waals surface area contributed by atoms with Crippen molar-refractivity contribution in [2.45, 2.75) is 66.7 Å². The molecule has 0 saturated heterocycles. The Morgan fingerprint density at radius 2 is 1.60 bits per heavy atom. The van der Waals surface area contributed by atoms with Gasteiger partial charge in [0.15, 0.2) is 5.78 Å². The van der Waals surface area contributed by atoms with Gasteiger partial charge in [-0.1, -0.05) is 33.4 Å². The van der Waals surface area contributed by atoms with Gasteiger partial charge >= 0.3 is 13.8 Å². The number of hydrogen-bond acceptors (Lipinski definition) is 7. The minimum Gasteiger partial charge on any atom is -0.429 e. The van der Waals surface area contributed by atoms with E-state index in [2.05, 4.69) is 6.58 Å². The van der Waals surface area contributed by atoms with E-state index in [9.17, 15) is 9.36 Å². The third-order valence-corrected chi connectivity index (χ3v) is 5.89. The maximum absolute atomic E-state index is 13.5. The summed E-state index contributed by atoms with van der Waals surface area (Å²) in [6.07, 6.45) is 0.540. The second-order valence-corrected chi connectivity index (χ2v) is 9.64. The molecule has 7 nitrogen and oxygen atoms in total. The average Bonchev–Trinajstić information content (AvgIpc) is 2.42. The van der Waals surface area contributed by atoms with Gasteiger partial charge in [-0.25, -0.2) is 4.79 Å². The fraction of sp³-hybridized carbons (Fsp3) is 0.824. The Balaban J connectivity index is 5.99. The summed E-state index contributed by atoms with van der Waals surface area (Å²) >= 11 is 0. The molecule has 0 N–H and O–H groups in total. The summed E-state index contributed by atoms with van der Waals surface area (Å²) in [5, 5.41) is 1.37. The molecule has 0 amide bonds. The van der Waals surface area contributed by atoms with Crippen molar-refractivity contribution in [1.82, 2.24) is 5.06 Å². The lowest BCUT2D eigenvalue weighted by molar-refractivity contribution is -0.205. The van der Waals surface area contributed by atoms with Crippen LogP contribution in [0.5, 0.6) is 0 Å². The third-order valence-electron chi connectivity index (χ3n) is 3.07. The fourth-order valence-corrected chi connectivity index (χ4v) is 4.96. The number of ether oxygens (including phenoxy) is 1. The Bertz CT molecular complexity index is 471. The zero-order chi connectivity index (χ0) is 19.9. The van der Waals surface area contributed by atoms with E-state index >= 15 is 0 Å². The summed E-state index contributed by atoms with van der Waals surface area (Å²) in [5.41, 5.74) is -1.25. The highest BCUT2D eigenvalue weighted by Crippen LogP contribution is 2.60. The van der Waals surface area contributed by atoms with Crippen LogP contribution < -0.4 is 0 Å². The molecule has 25 heavy (non-hydrogen) atoms. The molecule has 0 radical (unpaired) electrons. The predicted molar refractivity (Wildman–Crippen MR) is 98.3 cm³/mol. The van der Waals surface area contributed by atoms with Gasteiger partial charge in [-0.2, -0.15) is 0 Å². The minimum atomic E-state index is -3.61. The Kier molecular flexibility index (Phi) is 9.38. The van der Waals surface area contributed by atoms with Crippen LogP contribution in [0.25, 0.3) is 0 Å². The summed E-state index contributed by atoms with van der Waals surface area (Å²) in [4.78, 5) is 17.5. The van der Waals surface area contributed by atoms with E-state index in [1.807, 2.05) is 41.5 Å². The van der Waals surface area contributed by atoms with Crippen molar-refractivity contribution in [1.29, 1.82) is 0 Å². The Morgan fingerprint density at radius 1 is 1.12 bits per heavy atom. The molecule has 0 aromatic heterocycles. The first kappa shape index (κ1) is 24.1. The van der Waals surface area contributed by atoms with Crippen molar-refractivity contribution in [2.75, 3.05) is 19.8 Å². The van der Waals surface area contributed by atoms with Crippen molar-refractivity contribution >= 4 is 13.8 Å². The van der Waals surface area contributed by atoms with Gasteiger partial charge in [0.1, 0.15) is 6.61 Å². The molecule has 0 aliphatic rings. The first-order chi connectivity index (χ1) is 11.3. The molecule has 0 spiro atoms. The van der Waals surface area contributed by atoms with Crippen molar-refractivity contribution in [3.63, 3.8) is 0 Å². The maximum Gasteiger partial charge on any atom is 0.528 e. The molecule has 0 aromatic carbocycles. The van der Waals surface area contributed by atoms with E-state index in [-0.39, 0.29) is 19.8 Å². The predicted octanol–water partition coefficient (Wildman–Crippen LogP) is 4.98. The summed E-state index contributed by atoms with van der Waals surface area (Å²) in [6.45, 7) is 18.6. The van der Waals surface area contributed by atoms with Gasteiger partial charge in [-0.05, 0) is 40.0 Å². The lowest BCUT2D eigenvalue weighted by Gasteiger charge is -2.46. The van der Waals surface area contributed by atoms with E-state index in [0.717, 1.165) is 0 Å². The summed E-state index contributed by atoms with van der Waals surface area (Å²) in [5.74, 6) is -0.823.